The first-order chi connectivity index (χ1) is 8.71. The molecule has 0 amide bonds. The van der Waals surface area contributed by atoms with Crippen LogP contribution in [0.15, 0.2) is 30.3 Å². The van der Waals surface area contributed by atoms with E-state index in [1.165, 1.54) is 31.2 Å². The number of hydrogen-bond acceptors (Lipinski definition) is 2. The summed E-state index contributed by atoms with van der Waals surface area (Å²) in [6, 6.07) is 10.9. The molecule has 2 heteroatoms. The van der Waals surface area contributed by atoms with Gasteiger partial charge in [0.1, 0.15) is 0 Å². The number of aliphatic hydroxyl groups is 1. The van der Waals surface area contributed by atoms with E-state index in [9.17, 15) is 5.11 Å². The third-order valence-corrected chi connectivity index (χ3v) is 4.97. The molecule has 3 rings (SSSR count). The van der Waals surface area contributed by atoms with Gasteiger partial charge in [-0.25, -0.2) is 0 Å². The molecule has 0 aliphatic heterocycles. The van der Waals surface area contributed by atoms with Crippen molar-refractivity contribution in [1.29, 1.82) is 0 Å². The summed E-state index contributed by atoms with van der Waals surface area (Å²) >= 11 is 0. The van der Waals surface area contributed by atoms with Gasteiger partial charge in [0, 0.05) is 6.04 Å². The van der Waals surface area contributed by atoms with Crippen LogP contribution in [-0.2, 0) is 5.54 Å². The van der Waals surface area contributed by atoms with E-state index in [4.69, 9.17) is 0 Å². The fourth-order valence-corrected chi connectivity index (χ4v) is 3.86. The second kappa shape index (κ2) is 4.67. The van der Waals surface area contributed by atoms with Gasteiger partial charge in [-0.2, -0.15) is 0 Å². The van der Waals surface area contributed by atoms with Gasteiger partial charge in [-0.15, -0.1) is 0 Å². The standard InChI is InChI=1S/C16H23NO/c1-16(11-18,14-5-3-2-4-6-14)17-15-10-12-7-8-13(15)9-12/h2-6,12-13,15,17-18H,7-11H2,1H3. The van der Waals surface area contributed by atoms with E-state index in [-0.39, 0.29) is 12.1 Å². The number of hydrogen-bond donors (Lipinski definition) is 2. The van der Waals surface area contributed by atoms with E-state index in [0.29, 0.717) is 6.04 Å². The second-order valence-electron chi connectivity index (χ2n) is 6.28. The van der Waals surface area contributed by atoms with Gasteiger partial charge in [-0.05, 0) is 43.6 Å². The minimum Gasteiger partial charge on any atom is -0.394 e. The lowest BCUT2D eigenvalue weighted by Crippen LogP contribution is -2.50. The molecule has 2 bridgehead atoms. The van der Waals surface area contributed by atoms with Crippen molar-refractivity contribution in [2.45, 2.75) is 44.2 Å². The van der Waals surface area contributed by atoms with E-state index in [0.717, 1.165) is 11.8 Å². The Balaban J connectivity index is 1.76. The van der Waals surface area contributed by atoms with Crippen molar-refractivity contribution in [1.82, 2.24) is 5.32 Å². The smallest absolute Gasteiger partial charge is 0.0652 e. The fourth-order valence-electron chi connectivity index (χ4n) is 3.86. The van der Waals surface area contributed by atoms with Crippen LogP contribution in [0.2, 0.25) is 0 Å². The van der Waals surface area contributed by atoms with Crippen molar-refractivity contribution in [2.24, 2.45) is 11.8 Å². The van der Waals surface area contributed by atoms with Crippen LogP contribution in [0.25, 0.3) is 0 Å². The van der Waals surface area contributed by atoms with Gasteiger partial charge in [0.05, 0.1) is 12.1 Å². The molecule has 2 nitrogen and oxygen atoms in total. The molecule has 2 aliphatic carbocycles. The Morgan fingerprint density at radius 1 is 1.22 bits per heavy atom. The Morgan fingerprint density at radius 2 is 2.00 bits per heavy atom. The molecular weight excluding hydrogens is 222 g/mol. The van der Waals surface area contributed by atoms with Gasteiger partial charge in [0.25, 0.3) is 0 Å². The SMILES string of the molecule is CC(CO)(NC1CC2CCC1C2)c1ccccc1. The molecule has 2 aliphatic rings. The van der Waals surface area contributed by atoms with Crippen LogP contribution in [0.1, 0.15) is 38.2 Å². The zero-order chi connectivity index (χ0) is 12.6. The van der Waals surface area contributed by atoms with Crippen LogP contribution in [0.3, 0.4) is 0 Å². The lowest BCUT2D eigenvalue weighted by molar-refractivity contribution is 0.146. The Hall–Kier alpha value is -0.860. The molecular formula is C16H23NO. The second-order valence-corrected chi connectivity index (χ2v) is 6.28. The van der Waals surface area contributed by atoms with Crippen LogP contribution in [-0.4, -0.2) is 17.8 Å². The van der Waals surface area contributed by atoms with Crippen LogP contribution in [0.5, 0.6) is 0 Å². The van der Waals surface area contributed by atoms with Gasteiger partial charge in [-0.1, -0.05) is 36.8 Å². The minimum atomic E-state index is -0.295. The Labute approximate surface area is 109 Å². The van der Waals surface area contributed by atoms with Crippen LogP contribution in [0, 0.1) is 11.8 Å². The molecule has 0 saturated heterocycles. The number of benzene rings is 1. The first kappa shape index (κ1) is 12.2. The number of rotatable bonds is 4. The van der Waals surface area contributed by atoms with Gasteiger partial charge in [0.2, 0.25) is 0 Å². The summed E-state index contributed by atoms with van der Waals surface area (Å²) in [6.45, 7) is 2.28. The molecule has 18 heavy (non-hydrogen) atoms. The Kier molecular flexibility index (Phi) is 3.16. The summed E-state index contributed by atoms with van der Waals surface area (Å²) in [6.07, 6.45) is 5.49. The lowest BCUT2D eigenvalue weighted by atomic mass is 9.88. The minimum absolute atomic E-state index is 0.158. The number of aliphatic hydroxyl groups excluding tert-OH is 1. The molecule has 0 spiro atoms. The molecule has 98 valence electrons. The van der Waals surface area contributed by atoms with Gasteiger partial charge in [0.15, 0.2) is 0 Å². The molecule has 4 unspecified atom stereocenters. The van der Waals surface area contributed by atoms with Gasteiger partial charge >= 0.3 is 0 Å². The maximum Gasteiger partial charge on any atom is 0.0652 e. The van der Waals surface area contributed by atoms with Crippen molar-refractivity contribution in [3.05, 3.63) is 35.9 Å². The van der Waals surface area contributed by atoms with Gasteiger partial charge < -0.3 is 10.4 Å². The highest BCUT2D eigenvalue weighted by atomic mass is 16.3. The fraction of sp³-hybridized carbons (Fsp3) is 0.625. The van der Waals surface area contributed by atoms with Crippen molar-refractivity contribution in [3.63, 3.8) is 0 Å². The maximum absolute atomic E-state index is 9.81. The first-order valence-corrected chi connectivity index (χ1v) is 7.15. The summed E-state index contributed by atoms with van der Waals surface area (Å²) in [5, 5.41) is 13.5. The summed E-state index contributed by atoms with van der Waals surface area (Å²) in [7, 11) is 0. The quantitative estimate of drug-likeness (QED) is 0.855. The molecule has 1 aromatic carbocycles. The summed E-state index contributed by atoms with van der Waals surface area (Å²) in [5.41, 5.74) is 0.895. The van der Waals surface area contributed by atoms with Crippen LogP contribution >= 0.6 is 0 Å². The number of nitrogens with one attached hydrogen (secondary N) is 1. The summed E-state index contributed by atoms with van der Waals surface area (Å²) in [4.78, 5) is 0. The zero-order valence-corrected chi connectivity index (χ0v) is 11.1. The molecule has 0 aromatic heterocycles. The molecule has 2 N–H and O–H groups in total. The van der Waals surface area contributed by atoms with Crippen molar-refractivity contribution < 1.29 is 5.11 Å². The summed E-state index contributed by atoms with van der Waals surface area (Å²) in [5.74, 6) is 1.77. The third-order valence-electron chi connectivity index (χ3n) is 4.97. The third kappa shape index (κ3) is 2.08. The number of fused-ring (bicyclic) bond motifs is 2. The van der Waals surface area contributed by atoms with Crippen molar-refractivity contribution in [3.8, 4) is 0 Å². The highest BCUT2D eigenvalue weighted by Crippen LogP contribution is 2.45. The monoisotopic (exact) mass is 245 g/mol. The summed E-state index contributed by atoms with van der Waals surface area (Å²) < 4.78 is 0. The lowest BCUT2D eigenvalue weighted by Gasteiger charge is -2.36. The molecule has 4 atom stereocenters. The van der Waals surface area contributed by atoms with Crippen LogP contribution in [0.4, 0.5) is 0 Å². The first-order valence-electron chi connectivity index (χ1n) is 7.15. The highest BCUT2D eigenvalue weighted by molar-refractivity contribution is 5.24. The normalized spacial score (nSPS) is 33.6. The average molecular weight is 245 g/mol. The molecule has 2 fully saturated rings. The average Bonchev–Trinajstić information content (AvgIpc) is 3.02. The van der Waals surface area contributed by atoms with Crippen molar-refractivity contribution in [2.75, 3.05) is 6.61 Å². The highest BCUT2D eigenvalue weighted by Gasteiger charge is 2.42. The Bertz CT molecular complexity index is 405. The molecule has 0 radical (unpaired) electrons. The van der Waals surface area contributed by atoms with Crippen molar-refractivity contribution >= 4 is 0 Å². The maximum atomic E-state index is 9.81. The zero-order valence-electron chi connectivity index (χ0n) is 11.1. The molecule has 0 heterocycles. The van der Waals surface area contributed by atoms with E-state index in [1.54, 1.807) is 0 Å². The molecule has 2 saturated carbocycles. The van der Waals surface area contributed by atoms with E-state index < -0.39 is 0 Å². The predicted molar refractivity (Wildman–Crippen MR) is 73.3 cm³/mol. The predicted octanol–water partition coefficient (Wildman–Crippen LogP) is 2.67. The van der Waals surface area contributed by atoms with E-state index >= 15 is 0 Å². The Morgan fingerprint density at radius 3 is 2.56 bits per heavy atom. The van der Waals surface area contributed by atoms with Crippen LogP contribution < -0.4 is 5.32 Å². The van der Waals surface area contributed by atoms with E-state index in [2.05, 4.69) is 24.4 Å². The van der Waals surface area contributed by atoms with Gasteiger partial charge in [-0.3, -0.25) is 0 Å². The van der Waals surface area contributed by atoms with E-state index in [1.807, 2.05) is 18.2 Å². The topological polar surface area (TPSA) is 32.3 Å². The molecule has 1 aromatic rings. The largest absolute Gasteiger partial charge is 0.394 e.